The van der Waals surface area contributed by atoms with Gasteiger partial charge in [-0.25, -0.2) is 13.2 Å². The first-order valence-corrected chi connectivity index (χ1v) is 10.6. The number of nitro groups is 1. The van der Waals surface area contributed by atoms with Gasteiger partial charge in [0.05, 0.1) is 22.0 Å². The van der Waals surface area contributed by atoms with Crippen molar-refractivity contribution < 1.29 is 18.1 Å². The summed E-state index contributed by atoms with van der Waals surface area (Å²) in [7, 11) is -4.09. The number of aromatic nitrogens is 1. The van der Waals surface area contributed by atoms with E-state index < -0.39 is 21.0 Å². The number of halogens is 1. The summed E-state index contributed by atoms with van der Waals surface area (Å²) in [6.07, 6.45) is 2.54. The maximum Gasteiger partial charge on any atom is 0.323 e. The van der Waals surface area contributed by atoms with Crippen LogP contribution in [0.2, 0.25) is 0 Å². The molecule has 3 aromatic rings. The fourth-order valence-electron chi connectivity index (χ4n) is 2.39. The highest BCUT2D eigenvalue weighted by Crippen LogP contribution is 2.30. The molecule has 3 N–H and O–H groups in total. The van der Waals surface area contributed by atoms with Crippen molar-refractivity contribution >= 4 is 54.7 Å². The fourth-order valence-corrected chi connectivity index (χ4v) is 3.80. The maximum absolute atomic E-state index is 12.6. The predicted molar refractivity (Wildman–Crippen MR) is 115 cm³/mol. The molecule has 3 rings (SSSR count). The van der Waals surface area contributed by atoms with Gasteiger partial charge in [-0.2, -0.15) is 0 Å². The standard InChI is InChI=1S/C18H14BrN5O5S/c19-14-5-1-2-6-15(14)21-18(25)22-16-8-7-12(24(26)27)10-17(16)23-30(28,29)13-4-3-9-20-11-13/h1-11,23H,(H2,21,22,25). The van der Waals surface area contributed by atoms with Crippen LogP contribution in [0, 0.1) is 10.1 Å². The van der Waals surface area contributed by atoms with Crippen LogP contribution >= 0.6 is 15.9 Å². The Bertz CT molecular complexity index is 1200. The number of pyridine rings is 1. The number of nitrogens with zero attached hydrogens (tertiary/aromatic N) is 2. The summed E-state index contributed by atoms with van der Waals surface area (Å²) in [6, 6.07) is 12.4. The number of hydrogen-bond donors (Lipinski definition) is 3. The SMILES string of the molecule is O=C(Nc1ccccc1Br)Nc1ccc([N+](=O)[O-])cc1NS(=O)(=O)c1cccnc1. The maximum atomic E-state index is 12.6. The average Bonchev–Trinajstić information content (AvgIpc) is 2.71. The van der Waals surface area contributed by atoms with Gasteiger partial charge in [0.15, 0.2) is 0 Å². The fraction of sp³-hybridized carbons (Fsp3) is 0. The Hall–Kier alpha value is -3.51. The molecule has 1 heterocycles. The zero-order valence-electron chi connectivity index (χ0n) is 15.1. The number of hydrogen-bond acceptors (Lipinski definition) is 6. The lowest BCUT2D eigenvalue weighted by molar-refractivity contribution is -0.384. The molecular weight excluding hydrogens is 478 g/mol. The van der Waals surface area contributed by atoms with E-state index >= 15 is 0 Å². The van der Waals surface area contributed by atoms with E-state index in [1.54, 1.807) is 24.3 Å². The smallest absolute Gasteiger partial charge is 0.307 e. The van der Waals surface area contributed by atoms with Gasteiger partial charge >= 0.3 is 6.03 Å². The van der Waals surface area contributed by atoms with Gasteiger partial charge in [0.2, 0.25) is 0 Å². The van der Waals surface area contributed by atoms with E-state index in [0.29, 0.717) is 10.2 Å². The summed E-state index contributed by atoms with van der Waals surface area (Å²) in [5, 5.41) is 16.2. The molecule has 12 heteroatoms. The lowest BCUT2D eigenvalue weighted by Crippen LogP contribution is -2.21. The van der Waals surface area contributed by atoms with Crippen LogP contribution in [0.5, 0.6) is 0 Å². The van der Waals surface area contributed by atoms with Crippen LogP contribution in [-0.2, 0) is 10.0 Å². The van der Waals surface area contributed by atoms with E-state index in [2.05, 4.69) is 36.3 Å². The van der Waals surface area contributed by atoms with Crippen LogP contribution in [0.1, 0.15) is 0 Å². The van der Waals surface area contributed by atoms with Gasteiger partial charge in [0, 0.05) is 29.0 Å². The number of carbonyl (C=O) groups excluding carboxylic acids is 1. The molecule has 0 aliphatic heterocycles. The summed E-state index contributed by atoms with van der Waals surface area (Å²) in [5.74, 6) is 0. The van der Waals surface area contributed by atoms with E-state index in [1.807, 2.05) is 0 Å². The van der Waals surface area contributed by atoms with Crippen LogP contribution in [-0.4, -0.2) is 24.4 Å². The van der Waals surface area contributed by atoms with Gasteiger partial charge in [-0.05, 0) is 46.3 Å². The van der Waals surface area contributed by atoms with Crippen molar-refractivity contribution in [1.82, 2.24) is 4.98 Å². The van der Waals surface area contributed by atoms with Crippen LogP contribution in [0.3, 0.4) is 0 Å². The summed E-state index contributed by atoms with van der Waals surface area (Å²) in [5.41, 5.74) is -0.0157. The zero-order valence-corrected chi connectivity index (χ0v) is 17.5. The molecule has 0 aliphatic rings. The highest BCUT2D eigenvalue weighted by atomic mass is 79.9. The number of anilines is 3. The van der Waals surface area contributed by atoms with Gasteiger partial charge in [-0.3, -0.25) is 19.8 Å². The lowest BCUT2D eigenvalue weighted by atomic mass is 10.2. The van der Waals surface area contributed by atoms with Crippen LogP contribution in [0.15, 0.2) is 76.4 Å². The Morgan fingerprint density at radius 2 is 1.73 bits per heavy atom. The first kappa shape index (κ1) is 21.2. The van der Waals surface area contributed by atoms with Crippen molar-refractivity contribution in [3.63, 3.8) is 0 Å². The number of carbonyl (C=O) groups is 1. The van der Waals surface area contributed by atoms with E-state index in [9.17, 15) is 23.3 Å². The van der Waals surface area contributed by atoms with E-state index in [1.165, 1.54) is 24.4 Å². The van der Waals surface area contributed by atoms with Gasteiger partial charge < -0.3 is 10.6 Å². The average molecular weight is 492 g/mol. The molecule has 0 bridgehead atoms. The molecule has 154 valence electrons. The van der Waals surface area contributed by atoms with Crippen molar-refractivity contribution in [2.75, 3.05) is 15.4 Å². The number of urea groups is 1. The molecule has 10 nitrogen and oxygen atoms in total. The number of amides is 2. The third-order valence-corrected chi connectivity index (χ3v) is 5.82. The molecular formula is C18H14BrN5O5S. The number of rotatable bonds is 6. The van der Waals surface area contributed by atoms with Crippen molar-refractivity contribution in [2.24, 2.45) is 0 Å². The topological polar surface area (TPSA) is 143 Å². The van der Waals surface area contributed by atoms with Crippen LogP contribution < -0.4 is 15.4 Å². The van der Waals surface area contributed by atoms with Crippen LogP contribution in [0.25, 0.3) is 0 Å². The second kappa shape index (κ2) is 8.88. The Balaban J connectivity index is 1.90. The summed E-state index contributed by atoms with van der Waals surface area (Å²) >= 11 is 3.30. The second-order valence-electron chi connectivity index (χ2n) is 5.84. The Morgan fingerprint density at radius 3 is 2.40 bits per heavy atom. The number of nitrogens with one attached hydrogen (secondary N) is 3. The zero-order chi connectivity index (χ0) is 21.7. The molecule has 30 heavy (non-hydrogen) atoms. The van der Waals surface area contributed by atoms with Crippen molar-refractivity contribution in [2.45, 2.75) is 4.90 Å². The summed E-state index contributed by atoms with van der Waals surface area (Å²) < 4.78 is 28.1. The molecule has 2 aromatic carbocycles. The number of para-hydroxylation sites is 1. The molecule has 0 aliphatic carbocycles. The Kier molecular flexibility index (Phi) is 6.28. The second-order valence-corrected chi connectivity index (χ2v) is 8.38. The van der Waals surface area contributed by atoms with Crippen LogP contribution in [0.4, 0.5) is 27.5 Å². The molecule has 0 atom stereocenters. The van der Waals surface area contributed by atoms with Crippen molar-refractivity contribution in [1.29, 1.82) is 0 Å². The molecule has 0 unspecified atom stereocenters. The van der Waals surface area contributed by atoms with Gasteiger partial charge in [0.1, 0.15) is 4.90 Å². The lowest BCUT2D eigenvalue weighted by Gasteiger charge is -2.14. The molecule has 1 aromatic heterocycles. The first-order chi connectivity index (χ1) is 14.3. The quantitative estimate of drug-likeness (QED) is 0.348. The van der Waals surface area contributed by atoms with Crippen molar-refractivity contribution in [3.05, 3.63) is 81.6 Å². The minimum Gasteiger partial charge on any atom is -0.307 e. The molecule has 0 spiro atoms. The third-order valence-electron chi connectivity index (χ3n) is 3.77. The third kappa shape index (κ3) is 5.10. The van der Waals surface area contributed by atoms with Crippen molar-refractivity contribution in [3.8, 4) is 0 Å². The number of sulfonamides is 1. The van der Waals surface area contributed by atoms with E-state index in [-0.39, 0.29) is 22.0 Å². The summed E-state index contributed by atoms with van der Waals surface area (Å²) in [4.78, 5) is 26.4. The Morgan fingerprint density at radius 1 is 1.00 bits per heavy atom. The monoisotopic (exact) mass is 491 g/mol. The normalized spacial score (nSPS) is 10.8. The van der Waals surface area contributed by atoms with Gasteiger partial charge in [-0.15, -0.1) is 0 Å². The highest BCUT2D eigenvalue weighted by Gasteiger charge is 2.20. The number of non-ortho nitro benzene ring substituents is 1. The molecule has 0 radical (unpaired) electrons. The molecule has 2 amide bonds. The molecule has 0 saturated heterocycles. The van der Waals surface area contributed by atoms with E-state index in [4.69, 9.17) is 0 Å². The minimum atomic E-state index is -4.09. The van der Waals surface area contributed by atoms with E-state index in [0.717, 1.165) is 18.3 Å². The molecule has 0 fully saturated rings. The predicted octanol–water partition coefficient (Wildman–Crippen LogP) is 4.20. The minimum absolute atomic E-state index is 0.0256. The molecule has 0 saturated carbocycles. The highest BCUT2D eigenvalue weighted by molar-refractivity contribution is 9.10. The number of benzene rings is 2. The Labute approximate surface area is 179 Å². The van der Waals surface area contributed by atoms with Gasteiger partial charge in [0.25, 0.3) is 15.7 Å². The first-order valence-electron chi connectivity index (χ1n) is 8.30. The largest absolute Gasteiger partial charge is 0.323 e. The van der Waals surface area contributed by atoms with Gasteiger partial charge in [-0.1, -0.05) is 12.1 Å². The summed E-state index contributed by atoms with van der Waals surface area (Å²) in [6.45, 7) is 0. The number of nitro benzene ring substituents is 1.